The fourth-order valence-electron chi connectivity index (χ4n) is 2.70. The maximum absolute atomic E-state index is 12.7. The predicted octanol–water partition coefficient (Wildman–Crippen LogP) is 2.42. The van der Waals surface area contributed by atoms with Crippen molar-refractivity contribution in [2.45, 2.75) is 18.2 Å². The minimum absolute atomic E-state index is 0.147. The van der Waals surface area contributed by atoms with Gasteiger partial charge >= 0.3 is 6.03 Å². The number of hydrogen-bond acceptors (Lipinski definition) is 4. The highest BCUT2D eigenvalue weighted by molar-refractivity contribution is 7.99. The highest BCUT2D eigenvalue weighted by Gasteiger charge is 2.49. The van der Waals surface area contributed by atoms with E-state index in [4.69, 9.17) is 0 Å². The zero-order chi connectivity index (χ0) is 18.6. The first-order valence-electron chi connectivity index (χ1n) is 8.14. The Balaban J connectivity index is 1.58. The molecular weight excluding hydrogens is 350 g/mol. The van der Waals surface area contributed by atoms with E-state index in [0.717, 1.165) is 10.6 Å². The number of rotatable bonds is 6. The van der Waals surface area contributed by atoms with Crippen LogP contribution in [-0.4, -0.2) is 28.6 Å². The summed E-state index contributed by atoms with van der Waals surface area (Å²) in [4.78, 5) is 37.0. The first-order chi connectivity index (χ1) is 12.5. The Morgan fingerprint density at radius 2 is 1.69 bits per heavy atom. The Hall–Kier alpha value is -2.80. The van der Waals surface area contributed by atoms with Crippen molar-refractivity contribution in [2.24, 2.45) is 0 Å². The molecule has 6 nitrogen and oxygen atoms in total. The van der Waals surface area contributed by atoms with Gasteiger partial charge < -0.3 is 5.32 Å². The van der Waals surface area contributed by atoms with E-state index in [1.807, 2.05) is 36.4 Å². The van der Waals surface area contributed by atoms with Crippen LogP contribution in [0.2, 0.25) is 0 Å². The van der Waals surface area contributed by atoms with Crippen LogP contribution >= 0.6 is 11.8 Å². The zero-order valence-corrected chi connectivity index (χ0v) is 15.1. The number of thioether (sulfide) groups is 1. The van der Waals surface area contributed by atoms with Crippen molar-refractivity contribution in [1.82, 2.24) is 15.8 Å². The summed E-state index contributed by atoms with van der Waals surface area (Å²) in [6, 6.07) is 18.1. The number of nitrogens with one attached hydrogen (secondary N) is 2. The molecule has 1 aliphatic heterocycles. The Morgan fingerprint density at radius 1 is 1.08 bits per heavy atom. The number of urea groups is 1. The third-order valence-corrected chi connectivity index (χ3v) is 5.13. The monoisotopic (exact) mass is 369 g/mol. The molecule has 0 aliphatic carbocycles. The van der Waals surface area contributed by atoms with Crippen molar-refractivity contribution in [3.8, 4) is 0 Å². The summed E-state index contributed by atoms with van der Waals surface area (Å²) in [5.74, 6) is -0.0775. The maximum Gasteiger partial charge on any atom is 0.344 e. The molecule has 26 heavy (non-hydrogen) atoms. The van der Waals surface area contributed by atoms with Crippen LogP contribution in [0.4, 0.5) is 4.79 Å². The second-order valence-corrected chi connectivity index (χ2v) is 7.06. The molecule has 1 fully saturated rings. The number of benzene rings is 2. The molecule has 1 aliphatic rings. The lowest BCUT2D eigenvalue weighted by Gasteiger charge is -2.22. The fraction of sp³-hybridized carbons (Fsp3) is 0.211. The molecule has 0 saturated carbocycles. The van der Waals surface area contributed by atoms with E-state index in [0.29, 0.717) is 11.3 Å². The molecule has 0 aromatic heterocycles. The van der Waals surface area contributed by atoms with Crippen LogP contribution in [0.25, 0.3) is 0 Å². The van der Waals surface area contributed by atoms with E-state index >= 15 is 0 Å². The molecule has 3 rings (SSSR count). The molecular formula is C19H19N3O3S. The molecule has 2 aromatic rings. The maximum atomic E-state index is 12.7. The lowest BCUT2D eigenvalue weighted by Crippen LogP contribution is -2.48. The molecule has 1 saturated heterocycles. The second-order valence-electron chi connectivity index (χ2n) is 6.08. The standard InChI is InChI=1S/C19H19N3O3S/c1-19(15-10-6-3-7-11-15)17(24)22(18(25)20-19)21-16(23)13-26-12-14-8-4-2-5-9-14/h2-11H,12-13H2,1H3,(H,20,25)(H,21,23)/t19-/m0/s1. The molecule has 0 spiro atoms. The van der Waals surface area contributed by atoms with Gasteiger partial charge in [0.1, 0.15) is 5.54 Å². The molecule has 4 amide bonds. The first kappa shape index (κ1) is 18.0. The number of imide groups is 1. The van der Waals surface area contributed by atoms with Crippen molar-refractivity contribution in [1.29, 1.82) is 0 Å². The number of hydrazine groups is 1. The fourth-order valence-corrected chi connectivity index (χ4v) is 3.48. The minimum atomic E-state index is -1.19. The Labute approximate surface area is 155 Å². The van der Waals surface area contributed by atoms with Gasteiger partial charge in [-0.25, -0.2) is 4.79 Å². The van der Waals surface area contributed by atoms with Crippen LogP contribution in [0.3, 0.4) is 0 Å². The molecule has 7 heteroatoms. The largest absolute Gasteiger partial charge is 0.344 e. The number of amides is 4. The van der Waals surface area contributed by atoms with Crippen LogP contribution < -0.4 is 10.7 Å². The average molecular weight is 369 g/mol. The summed E-state index contributed by atoms with van der Waals surface area (Å²) in [6.07, 6.45) is 0. The number of carbonyl (C=O) groups is 3. The molecule has 2 N–H and O–H groups in total. The van der Waals surface area contributed by atoms with Gasteiger partial charge in [-0.15, -0.1) is 11.8 Å². The normalized spacial score (nSPS) is 19.3. The van der Waals surface area contributed by atoms with Crippen molar-refractivity contribution in [3.05, 3.63) is 71.8 Å². The summed E-state index contributed by atoms with van der Waals surface area (Å²) < 4.78 is 0. The van der Waals surface area contributed by atoms with Gasteiger partial charge in [0, 0.05) is 5.75 Å². The van der Waals surface area contributed by atoms with Gasteiger partial charge in [-0.05, 0) is 18.1 Å². The Morgan fingerprint density at radius 3 is 2.35 bits per heavy atom. The smallest absolute Gasteiger partial charge is 0.318 e. The van der Waals surface area contributed by atoms with Crippen LogP contribution in [0, 0.1) is 0 Å². The van der Waals surface area contributed by atoms with Gasteiger partial charge in [0.15, 0.2) is 0 Å². The van der Waals surface area contributed by atoms with Crippen LogP contribution in [0.5, 0.6) is 0 Å². The summed E-state index contributed by atoms with van der Waals surface area (Å²) in [6.45, 7) is 1.62. The van der Waals surface area contributed by atoms with E-state index < -0.39 is 23.4 Å². The number of nitrogens with zero attached hydrogens (tertiary/aromatic N) is 1. The number of hydrogen-bond donors (Lipinski definition) is 2. The SMILES string of the molecule is C[C@@]1(c2ccccc2)NC(=O)N(NC(=O)CSCc2ccccc2)C1=O. The van der Waals surface area contributed by atoms with Crippen molar-refractivity contribution >= 4 is 29.6 Å². The highest BCUT2D eigenvalue weighted by Crippen LogP contribution is 2.27. The van der Waals surface area contributed by atoms with E-state index in [2.05, 4.69) is 10.7 Å². The first-order valence-corrected chi connectivity index (χ1v) is 9.29. The predicted molar refractivity (Wildman–Crippen MR) is 99.9 cm³/mol. The van der Waals surface area contributed by atoms with E-state index in [-0.39, 0.29) is 5.75 Å². The van der Waals surface area contributed by atoms with Crippen molar-refractivity contribution in [3.63, 3.8) is 0 Å². The molecule has 0 bridgehead atoms. The Kier molecular flexibility index (Phi) is 5.27. The van der Waals surface area contributed by atoms with Gasteiger partial charge in [0.2, 0.25) is 5.91 Å². The molecule has 134 valence electrons. The van der Waals surface area contributed by atoms with E-state index in [9.17, 15) is 14.4 Å². The van der Waals surface area contributed by atoms with E-state index in [1.54, 1.807) is 31.2 Å². The second kappa shape index (κ2) is 7.61. The van der Waals surface area contributed by atoms with Crippen molar-refractivity contribution < 1.29 is 14.4 Å². The van der Waals surface area contributed by atoms with Gasteiger partial charge in [-0.1, -0.05) is 60.7 Å². The van der Waals surface area contributed by atoms with Crippen molar-refractivity contribution in [2.75, 3.05) is 5.75 Å². The van der Waals surface area contributed by atoms with Crippen LogP contribution in [0.15, 0.2) is 60.7 Å². The van der Waals surface area contributed by atoms with E-state index in [1.165, 1.54) is 11.8 Å². The zero-order valence-electron chi connectivity index (χ0n) is 14.3. The lowest BCUT2D eigenvalue weighted by molar-refractivity contribution is -0.138. The quantitative estimate of drug-likeness (QED) is 0.767. The van der Waals surface area contributed by atoms with Crippen LogP contribution in [0.1, 0.15) is 18.1 Å². The lowest BCUT2D eigenvalue weighted by atomic mass is 9.92. The molecule has 1 heterocycles. The highest BCUT2D eigenvalue weighted by atomic mass is 32.2. The summed E-state index contributed by atoms with van der Waals surface area (Å²) >= 11 is 1.41. The van der Waals surface area contributed by atoms with Crippen LogP contribution in [-0.2, 0) is 20.9 Å². The summed E-state index contributed by atoms with van der Waals surface area (Å²) in [5.41, 5.74) is 2.98. The van der Waals surface area contributed by atoms with Gasteiger partial charge in [-0.3, -0.25) is 15.0 Å². The van der Waals surface area contributed by atoms with Gasteiger partial charge in [0.05, 0.1) is 5.75 Å². The molecule has 1 atom stereocenters. The summed E-state index contributed by atoms with van der Waals surface area (Å²) in [5, 5.41) is 3.41. The third-order valence-electron chi connectivity index (χ3n) is 4.12. The number of carbonyl (C=O) groups excluding carboxylic acids is 3. The molecule has 0 radical (unpaired) electrons. The summed E-state index contributed by atoms with van der Waals surface area (Å²) in [7, 11) is 0. The molecule has 0 unspecified atom stereocenters. The third kappa shape index (κ3) is 3.72. The topological polar surface area (TPSA) is 78.5 Å². The van der Waals surface area contributed by atoms with Gasteiger partial charge in [0.25, 0.3) is 5.91 Å². The van der Waals surface area contributed by atoms with Gasteiger partial charge in [-0.2, -0.15) is 5.01 Å². The minimum Gasteiger partial charge on any atom is -0.318 e. The Bertz CT molecular complexity index is 813. The average Bonchev–Trinajstić information content (AvgIpc) is 2.87. The molecule has 2 aromatic carbocycles.